The van der Waals surface area contributed by atoms with E-state index >= 15 is 0 Å². The van der Waals surface area contributed by atoms with Gasteiger partial charge in [-0.05, 0) is 37.1 Å². The van der Waals surface area contributed by atoms with Crippen LogP contribution in [0.4, 0.5) is 8.78 Å². The molecule has 0 radical (unpaired) electrons. The molecule has 0 aliphatic rings. The van der Waals surface area contributed by atoms with Crippen molar-refractivity contribution in [3.63, 3.8) is 0 Å². The zero-order valence-corrected chi connectivity index (χ0v) is 12.0. The first-order valence-electron chi connectivity index (χ1n) is 5.93. The monoisotopic (exact) mass is 325 g/mol. The lowest BCUT2D eigenvalue weighted by Crippen LogP contribution is -2.16. The molecule has 2 aromatic carbocycles. The summed E-state index contributed by atoms with van der Waals surface area (Å²) in [5, 5.41) is 0. The minimum Gasteiger partial charge on any atom is -0.324 e. The molecular weight excluding hydrogens is 312 g/mol. The van der Waals surface area contributed by atoms with E-state index in [1.165, 1.54) is 12.1 Å². The van der Waals surface area contributed by atoms with Gasteiger partial charge >= 0.3 is 0 Å². The Morgan fingerprint density at radius 2 is 1.84 bits per heavy atom. The van der Waals surface area contributed by atoms with Crippen molar-refractivity contribution in [1.82, 2.24) is 0 Å². The van der Waals surface area contributed by atoms with Gasteiger partial charge in [-0.3, -0.25) is 0 Å². The lowest BCUT2D eigenvalue weighted by Gasteiger charge is -2.14. The fraction of sp³-hybridized carbons (Fsp3) is 0.200. The van der Waals surface area contributed by atoms with Crippen LogP contribution in [0.2, 0.25) is 0 Å². The van der Waals surface area contributed by atoms with Crippen LogP contribution in [0.25, 0.3) is 0 Å². The molecule has 100 valence electrons. The highest BCUT2D eigenvalue weighted by Gasteiger charge is 2.14. The van der Waals surface area contributed by atoms with Gasteiger partial charge in [0.1, 0.15) is 11.6 Å². The van der Waals surface area contributed by atoms with Gasteiger partial charge in [0.2, 0.25) is 0 Å². The van der Waals surface area contributed by atoms with E-state index in [2.05, 4.69) is 15.9 Å². The Bertz CT molecular complexity index is 599. The lowest BCUT2D eigenvalue weighted by molar-refractivity contribution is 0.562. The second-order valence-electron chi connectivity index (χ2n) is 4.57. The van der Waals surface area contributed by atoms with E-state index in [4.69, 9.17) is 5.73 Å². The van der Waals surface area contributed by atoms with Gasteiger partial charge in [0, 0.05) is 16.1 Å². The van der Waals surface area contributed by atoms with Crippen molar-refractivity contribution in [2.75, 3.05) is 0 Å². The van der Waals surface area contributed by atoms with Crippen LogP contribution in [0, 0.1) is 18.6 Å². The van der Waals surface area contributed by atoms with Crippen LogP contribution in [0.15, 0.2) is 40.9 Å². The molecule has 0 saturated heterocycles. The van der Waals surface area contributed by atoms with E-state index in [1.807, 2.05) is 6.92 Å². The molecule has 2 aromatic rings. The lowest BCUT2D eigenvalue weighted by atomic mass is 9.97. The normalized spacial score (nSPS) is 12.5. The molecule has 0 aromatic heterocycles. The Balaban J connectivity index is 2.25. The molecule has 1 unspecified atom stereocenters. The summed E-state index contributed by atoms with van der Waals surface area (Å²) in [5.41, 5.74) is 7.82. The summed E-state index contributed by atoms with van der Waals surface area (Å²) in [4.78, 5) is 0. The fourth-order valence-electron chi connectivity index (χ4n) is 1.98. The minimum absolute atomic E-state index is 0.263. The Hall–Kier alpha value is -1.26. The zero-order valence-electron chi connectivity index (χ0n) is 10.5. The first kappa shape index (κ1) is 14.2. The molecule has 0 aliphatic carbocycles. The number of hydrogen-bond donors (Lipinski definition) is 1. The third kappa shape index (κ3) is 3.39. The summed E-state index contributed by atoms with van der Waals surface area (Å²) in [7, 11) is 0. The minimum atomic E-state index is -0.560. The van der Waals surface area contributed by atoms with Crippen molar-refractivity contribution >= 4 is 15.9 Å². The summed E-state index contributed by atoms with van der Waals surface area (Å²) < 4.78 is 28.1. The molecule has 1 nitrogen and oxygen atoms in total. The number of rotatable bonds is 3. The average molecular weight is 326 g/mol. The van der Waals surface area contributed by atoms with Crippen molar-refractivity contribution in [3.05, 3.63) is 69.2 Å². The van der Waals surface area contributed by atoms with Crippen LogP contribution in [0.3, 0.4) is 0 Å². The van der Waals surface area contributed by atoms with Crippen molar-refractivity contribution in [3.8, 4) is 0 Å². The standard InChI is InChI=1S/C15H14BrF2N/c1-9-2-5-13(17)12(6-9)15(19)7-10-3-4-11(16)8-14(10)18/h2-6,8,15H,7,19H2,1H3. The van der Waals surface area contributed by atoms with Crippen LogP contribution >= 0.6 is 15.9 Å². The smallest absolute Gasteiger partial charge is 0.128 e. The molecule has 0 saturated carbocycles. The van der Waals surface area contributed by atoms with E-state index in [-0.39, 0.29) is 18.1 Å². The third-order valence-corrected chi connectivity index (χ3v) is 3.50. The van der Waals surface area contributed by atoms with Crippen LogP contribution < -0.4 is 5.73 Å². The van der Waals surface area contributed by atoms with Gasteiger partial charge in [-0.25, -0.2) is 8.78 Å². The van der Waals surface area contributed by atoms with E-state index < -0.39 is 6.04 Å². The van der Waals surface area contributed by atoms with E-state index in [1.54, 1.807) is 24.3 Å². The Labute approximate surface area is 119 Å². The predicted octanol–water partition coefficient (Wildman–Crippen LogP) is 4.28. The maximum absolute atomic E-state index is 13.7. The maximum atomic E-state index is 13.7. The van der Waals surface area contributed by atoms with Gasteiger partial charge in [0.05, 0.1) is 0 Å². The molecule has 0 spiro atoms. The SMILES string of the molecule is Cc1ccc(F)c(C(N)Cc2ccc(Br)cc2F)c1. The summed E-state index contributed by atoms with van der Waals surface area (Å²) in [6.45, 7) is 1.87. The maximum Gasteiger partial charge on any atom is 0.128 e. The van der Waals surface area contributed by atoms with Gasteiger partial charge < -0.3 is 5.73 Å². The highest BCUT2D eigenvalue weighted by Crippen LogP contribution is 2.23. The van der Waals surface area contributed by atoms with Crippen molar-refractivity contribution < 1.29 is 8.78 Å². The fourth-order valence-corrected chi connectivity index (χ4v) is 2.31. The number of hydrogen-bond acceptors (Lipinski definition) is 1. The number of benzene rings is 2. The Kier molecular flexibility index (Phi) is 4.32. The van der Waals surface area contributed by atoms with Crippen molar-refractivity contribution in [1.29, 1.82) is 0 Å². The quantitative estimate of drug-likeness (QED) is 0.895. The van der Waals surface area contributed by atoms with Gasteiger partial charge in [-0.2, -0.15) is 0 Å². The number of nitrogens with two attached hydrogens (primary N) is 1. The Morgan fingerprint density at radius 3 is 2.53 bits per heavy atom. The van der Waals surface area contributed by atoms with Gasteiger partial charge in [-0.1, -0.05) is 39.7 Å². The highest BCUT2D eigenvalue weighted by molar-refractivity contribution is 9.10. The molecular formula is C15H14BrF2N. The third-order valence-electron chi connectivity index (χ3n) is 3.01. The van der Waals surface area contributed by atoms with Gasteiger partial charge in [-0.15, -0.1) is 0 Å². The summed E-state index contributed by atoms with van der Waals surface area (Å²) in [6.07, 6.45) is 0.263. The largest absolute Gasteiger partial charge is 0.324 e. The molecule has 0 bridgehead atoms. The molecule has 19 heavy (non-hydrogen) atoms. The van der Waals surface area contributed by atoms with Gasteiger partial charge in [0.15, 0.2) is 0 Å². The molecule has 1 atom stereocenters. The predicted molar refractivity (Wildman–Crippen MR) is 75.9 cm³/mol. The van der Waals surface area contributed by atoms with E-state index in [0.29, 0.717) is 15.6 Å². The van der Waals surface area contributed by atoms with Crippen LogP contribution in [0.5, 0.6) is 0 Å². The summed E-state index contributed by atoms with van der Waals surface area (Å²) >= 11 is 3.20. The van der Waals surface area contributed by atoms with Crippen molar-refractivity contribution in [2.24, 2.45) is 5.73 Å². The molecule has 2 rings (SSSR count). The average Bonchev–Trinajstić information content (AvgIpc) is 2.35. The highest BCUT2D eigenvalue weighted by atomic mass is 79.9. The van der Waals surface area contributed by atoms with Crippen LogP contribution in [0.1, 0.15) is 22.7 Å². The van der Waals surface area contributed by atoms with Crippen LogP contribution in [-0.2, 0) is 6.42 Å². The number of aryl methyl sites for hydroxylation is 1. The van der Waals surface area contributed by atoms with E-state index in [9.17, 15) is 8.78 Å². The first-order valence-corrected chi connectivity index (χ1v) is 6.72. The molecule has 0 fully saturated rings. The number of halogens is 3. The zero-order chi connectivity index (χ0) is 14.0. The van der Waals surface area contributed by atoms with Crippen LogP contribution in [-0.4, -0.2) is 0 Å². The Morgan fingerprint density at radius 1 is 1.11 bits per heavy atom. The summed E-state index contributed by atoms with van der Waals surface area (Å²) in [6, 6.07) is 9.01. The molecule has 2 N–H and O–H groups in total. The molecule has 0 amide bonds. The van der Waals surface area contributed by atoms with E-state index in [0.717, 1.165) is 5.56 Å². The van der Waals surface area contributed by atoms with Gasteiger partial charge in [0.25, 0.3) is 0 Å². The molecule has 0 aliphatic heterocycles. The second-order valence-corrected chi connectivity index (χ2v) is 5.49. The molecule has 4 heteroatoms. The molecule has 0 heterocycles. The summed E-state index contributed by atoms with van der Waals surface area (Å²) in [5.74, 6) is -0.687. The topological polar surface area (TPSA) is 26.0 Å². The second kappa shape index (κ2) is 5.80. The van der Waals surface area contributed by atoms with Crippen molar-refractivity contribution in [2.45, 2.75) is 19.4 Å². The first-order chi connectivity index (χ1) is 8.97.